The fraction of sp³-hybridized carbons (Fsp3) is 0.524. The van der Waals surface area contributed by atoms with Crippen molar-refractivity contribution in [1.29, 1.82) is 0 Å². The fourth-order valence-corrected chi connectivity index (χ4v) is 4.03. The summed E-state index contributed by atoms with van der Waals surface area (Å²) in [5.74, 6) is 2.41. The number of amides is 1. The maximum atomic E-state index is 12.3. The zero-order valence-electron chi connectivity index (χ0n) is 18.4. The van der Waals surface area contributed by atoms with Crippen molar-refractivity contribution in [2.45, 2.75) is 20.3 Å². The number of rotatable bonds is 8. The van der Waals surface area contributed by atoms with Crippen molar-refractivity contribution in [2.75, 3.05) is 57.8 Å². The van der Waals surface area contributed by atoms with Gasteiger partial charge in [0.25, 0.3) is 5.91 Å². The molecule has 1 aromatic carbocycles. The van der Waals surface area contributed by atoms with Crippen LogP contribution in [0, 0.1) is 0 Å². The van der Waals surface area contributed by atoms with Crippen LogP contribution in [0.25, 0.3) is 0 Å². The highest BCUT2D eigenvalue weighted by molar-refractivity contribution is 7.09. The van der Waals surface area contributed by atoms with E-state index in [4.69, 9.17) is 9.73 Å². The molecule has 0 atom stereocenters. The topological polar surface area (TPSA) is 95.0 Å². The van der Waals surface area contributed by atoms with Crippen LogP contribution in [-0.2, 0) is 6.42 Å². The normalized spacial score (nSPS) is 14.5. The van der Waals surface area contributed by atoms with E-state index in [0.717, 1.165) is 61.8 Å². The van der Waals surface area contributed by atoms with E-state index >= 15 is 0 Å². The molecule has 3 rings (SSSR count). The Hall–Kier alpha value is -2.88. The SMILES string of the molecule is CCNC(=NCCNC(=O)c1ccc(OC)cc1)N1CCN(c2nc(CC)ns2)CC1. The minimum atomic E-state index is -0.111. The summed E-state index contributed by atoms with van der Waals surface area (Å²) < 4.78 is 9.51. The van der Waals surface area contributed by atoms with Gasteiger partial charge in [0.1, 0.15) is 11.6 Å². The van der Waals surface area contributed by atoms with Gasteiger partial charge in [0.05, 0.1) is 13.7 Å². The number of nitrogens with one attached hydrogen (secondary N) is 2. The highest BCUT2D eigenvalue weighted by Crippen LogP contribution is 2.19. The summed E-state index contributed by atoms with van der Waals surface area (Å²) in [5, 5.41) is 7.28. The lowest BCUT2D eigenvalue weighted by atomic mass is 10.2. The molecule has 0 unspecified atom stereocenters. The van der Waals surface area contributed by atoms with Crippen molar-refractivity contribution in [1.82, 2.24) is 24.9 Å². The Morgan fingerprint density at radius 1 is 1.16 bits per heavy atom. The van der Waals surface area contributed by atoms with Crippen molar-refractivity contribution in [3.8, 4) is 5.75 Å². The number of methoxy groups -OCH3 is 1. The first-order chi connectivity index (χ1) is 15.1. The Kier molecular flexibility index (Phi) is 8.45. The van der Waals surface area contributed by atoms with Gasteiger partial charge in [-0.05, 0) is 31.2 Å². The summed E-state index contributed by atoms with van der Waals surface area (Å²) in [5.41, 5.74) is 0.607. The third-order valence-electron chi connectivity index (χ3n) is 4.97. The zero-order chi connectivity index (χ0) is 22.1. The Bertz CT molecular complexity index is 861. The molecule has 168 valence electrons. The number of aromatic nitrogens is 2. The van der Waals surface area contributed by atoms with E-state index < -0.39 is 0 Å². The Morgan fingerprint density at radius 3 is 2.52 bits per heavy atom. The van der Waals surface area contributed by atoms with Crippen molar-refractivity contribution in [3.05, 3.63) is 35.7 Å². The van der Waals surface area contributed by atoms with Crippen LogP contribution in [0.4, 0.5) is 5.13 Å². The molecule has 1 saturated heterocycles. The second-order valence-corrected chi connectivity index (χ2v) is 7.77. The van der Waals surface area contributed by atoms with E-state index in [9.17, 15) is 4.79 Å². The van der Waals surface area contributed by atoms with Crippen LogP contribution in [-0.4, -0.2) is 79.0 Å². The van der Waals surface area contributed by atoms with Gasteiger partial charge in [-0.3, -0.25) is 9.79 Å². The number of ether oxygens (including phenoxy) is 1. The first kappa shape index (κ1) is 22.8. The van der Waals surface area contributed by atoms with Crippen LogP contribution in [0.5, 0.6) is 5.75 Å². The van der Waals surface area contributed by atoms with Crippen molar-refractivity contribution in [2.24, 2.45) is 4.99 Å². The summed E-state index contributed by atoms with van der Waals surface area (Å²) in [6.45, 7) is 9.43. The Balaban J connectivity index is 1.47. The van der Waals surface area contributed by atoms with E-state index in [0.29, 0.717) is 18.7 Å². The molecular weight excluding hydrogens is 414 g/mol. The molecule has 1 amide bonds. The molecule has 1 fully saturated rings. The molecule has 0 saturated carbocycles. The third-order valence-corrected chi connectivity index (χ3v) is 5.78. The fourth-order valence-electron chi connectivity index (χ4n) is 3.23. The van der Waals surface area contributed by atoms with Crippen LogP contribution in [0.3, 0.4) is 0 Å². The van der Waals surface area contributed by atoms with E-state index in [-0.39, 0.29) is 5.91 Å². The molecule has 1 aliphatic heterocycles. The zero-order valence-corrected chi connectivity index (χ0v) is 19.2. The van der Waals surface area contributed by atoms with Crippen LogP contribution in [0.15, 0.2) is 29.3 Å². The van der Waals surface area contributed by atoms with Gasteiger partial charge in [-0.2, -0.15) is 4.37 Å². The molecule has 2 N–H and O–H groups in total. The Morgan fingerprint density at radius 2 is 1.90 bits per heavy atom. The summed E-state index contributed by atoms with van der Waals surface area (Å²) in [7, 11) is 1.60. The minimum absolute atomic E-state index is 0.111. The van der Waals surface area contributed by atoms with Crippen molar-refractivity contribution < 1.29 is 9.53 Å². The predicted molar refractivity (Wildman–Crippen MR) is 124 cm³/mol. The summed E-state index contributed by atoms with van der Waals surface area (Å²) in [6.07, 6.45) is 0.864. The second-order valence-electron chi connectivity index (χ2n) is 7.04. The number of piperazine rings is 1. The van der Waals surface area contributed by atoms with Gasteiger partial charge in [0.2, 0.25) is 5.13 Å². The van der Waals surface area contributed by atoms with Gasteiger partial charge >= 0.3 is 0 Å². The molecule has 0 aliphatic carbocycles. The maximum absolute atomic E-state index is 12.3. The molecule has 31 heavy (non-hydrogen) atoms. The van der Waals surface area contributed by atoms with E-state index in [2.05, 4.69) is 43.6 Å². The number of anilines is 1. The van der Waals surface area contributed by atoms with Crippen molar-refractivity contribution >= 4 is 28.5 Å². The average molecular weight is 446 g/mol. The number of hydrogen-bond donors (Lipinski definition) is 2. The number of aryl methyl sites for hydroxylation is 1. The molecule has 1 aromatic heterocycles. The quantitative estimate of drug-likeness (QED) is 0.362. The molecule has 0 radical (unpaired) electrons. The van der Waals surface area contributed by atoms with Crippen molar-refractivity contribution in [3.63, 3.8) is 0 Å². The summed E-state index contributed by atoms with van der Waals surface area (Å²) in [6, 6.07) is 7.06. The first-order valence-corrected chi connectivity index (χ1v) is 11.4. The molecule has 2 heterocycles. The highest BCUT2D eigenvalue weighted by atomic mass is 32.1. The lowest BCUT2D eigenvalue weighted by Crippen LogP contribution is -2.52. The number of hydrogen-bond acceptors (Lipinski definition) is 7. The van der Waals surface area contributed by atoms with E-state index in [1.807, 2.05) is 0 Å². The molecule has 9 nitrogen and oxygen atoms in total. The summed E-state index contributed by atoms with van der Waals surface area (Å²) >= 11 is 1.47. The second kappa shape index (κ2) is 11.5. The number of carbonyl (C=O) groups is 1. The van der Waals surface area contributed by atoms with Crippen LogP contribution in [0.1, 0.15) is 30.0 Å². The van der Waals surface area contributed by atoms with Crippen LogP contribution >= 0.6 is 11.5 Å². The lowest BCUT2D eigenvalue weighted by molar-refractivity contribution is 0.0954. The van der Waals surface area contributed by atoms with Crippen LogP contribution < -0.4 is 20.3 Å². The van der Waals surface area contributed by atoms with Gasteiger partial charge in [0, 0.05) is 62.8 Å². The van der Waals surface area contributed by atoms with Gasteiger partial charge < -0.3 is 25.2 Å². The van der Waals surface area contributed by atoms with Gasteiger partial charge in [-0.25, -0.2) is 4.98 Å². The number of guanidine groups is 1. The molecule has 0 bridgehead atoms. The third kappa shape index (κ3) is 6.30. The minimum Gasteiger partial charge on any atom is -0.497 e. The molecular formula is C21H31N7O2S. The molecule has 1 aliphatic rings. The lowest BCUT2D eigenvalue weighted by Gasteiger charge is -2.36. The highest BCUT2D eigenvalue weighted by Gasteiger charge is 2.22. The number of carbonyl (C=O) groups excluding carboxylic acids is 1. The number of nitrogens with zero attached hydrogens (tertiary/aromatic N) is 5. The number of aliphatic imine (C=N–C) groups is 1. The van der Waals surface area contributed by atoms with Gasteiger partial charge in [0.15, 0.2) is 5.96 Å². The summed E-state index contributed by atoms with van der Waals surface area (Å²) in [4.78, 5) is 26.1. The van der Waals surface area contributed by atoms with Crippen LogP contribution in [0.2, 0.25) is 0 Å². The monoisotopic (exact) mass is 445 g/mol. The van der Waals surface area contributed by atoms with E-state index in [1.165, 1.54) is 11.5 Å². The van der Waals surface area contributed by atoms with Gasteiger partial charge in [-0.1, -0.05) is 6.92 Å². The predicted octanol–water partition coefficient (Wildman–Crippen LogP) is 1.63. The maximum Gasteiger partial charge on any atom is 0.251 e. The first-order valence-electron chi connectivity index (χ1n) is 10.7. The molecule has 2 aromatic rings. The Labute approximate surface area is 187 Å². The standard InChI is InChI=1S/C21H31N7O2S/c1-4-18-25-21(31-26-18)28-14-12-27(13-15-28)20(22-5-2)24-11-10-23-19(29)16-6-8-17(30-3)9-7-16/h6-9H,4-5,10-15H2,1-3H3,(H,22,24)(H,23,29). The average Bonchev–Trinajstić information content (AvgIpc) is 3.30. The molecule has 10 heteroatoms. The number of benzene rings is 1. The molecule has 0 spiro atoms. The van der Waals surface area contributed by atoms with Gasteiger partial charge in [-0.15, -0.1) is 0 Å². The largest absolute Gasteiger partial charge is 0.497 e. The smallest absolute Gasteiger partial charge is 0.251 e. The van der Waals surface area contributed by atoms with E-state index in [1.54, 1.807) is 31.4 Å².